The van der Waals surface area contributed by atoms with Gasteiger partial charge in [-0.1, -0.05) is 13.0 Å². The summed E-state index contributed by atoms with van der Waals surface area (Å²) in [7, 11) is 1.77. The summed E-state index contributed by atoms with van der Waals surface area (Å²) in [5.74, 6) is 1.42. The van der Waals surface area contributed by atoms with Crippen molar-refractivity contribution in [1.29, 1.82) is 5.26 Å². The van der Waals surface area contributed by atoms with Gasteiger partial charge >= 0.3 is 6.18 Å². The number of pyridine rings is 1. The minimum atomic E-state index is -4.51. The number of aryl methyl sites for hydroxylation is 1. The van der Waals surface area contributed by atoms with Crippen LogP contribution in [0.4, 0.5) is 13.2 Å². The molecule has 0 aliphatic heterocycles. The van der Waals surface area contributed by atoms with E-state index in [9.17, 15) is 18.4 Å². The Morgan fingerprint density at radius 1 is 1.29 bits per heavy atom. The van der Waals surface area contributed by atoms with E-state index in [2.05, 4.69) is 16.0 Å². The van der Waals surface area contributed by atoms with E-state index in [-0.39, 0.29) is 10.9 Å². The molecule has 0 spiro atoms. The molecule has 2 heterocycles. The second-order valence-electron chi connectivity index (χ2n) is 6.89. The lowest BCUT2D eigenvalue weighted by Crippen LogP contribution is -2.07. The van der Waals surface area contributed by atoms with Gasteiger partial charge in [0.2, 0.25) is 0 Å². The number of rotatable bonds is 4. The second-order valence-corrected chi connectivity index (χ2v) is 8.19. The van der Waals surface area contributed by atoms with Crippen LogP contribution < -0.4 is 0 Å². The normalized spacial score (nSPS) is 15.6. The van der Waals surface area contributed by atoms with Gasteiger partial charge < -0.3 is 4.57 Å². The SMILES string of the molecule is CCSc1cc(C2(C#N)CC2)ccc1-c1nc2cc(C(F)(F)F)ncc2n1C. The number of halogens is 3. The summed E-state index contributed by atoms with van der Waals surface area (Å²) in [5, 5.41) is 9.48. The third-order valence-corrected chi connectivity index (χ3v) is 6.03. The maximum Gasteiger partial charge on any atom is 0.433 e. The van der Waals surface area contributed by atoms with Crippen molar-refractivity contribution in [3.05, 3.63) is 41.7 Å². The van der Waals surface area contributed by atoms with Crippen LogP contribution in [0.3, 0.4) is 0 Å². The van der Waals surface area contributed by atoms with Crippen molar-refractivity contribution in [2.45, 2.75) is 36.3 Å². The molecule has 28 heavy (non-hydrogen) atoms. The molecule has 4 nitrogen and oxygen atoms in total. The number of benzene rings is 1. The molecule has 4 rings (SSSR count). The molecule has 144 valence electrons. The quantitative estimate of drug-likeness (QED) is 0.554. The minimum absolute atomic E-state index is 0.257. The van der Waals surface area contributed by atoms with Crippen molar-refractivity contribution in [1.82, 2.24) is 14.5 Å². The van der Waals surface area contributed by atoms with Gasteiger partial charge in [-0.15, -0.1) is 11.8 Å². The number of thioether (sulfide) groups is 1. The largest absolute Gasteiger partial charge is 0.433 e. The molecule has 0 N–H and O–H groups in total. The first-order valence-corrected chi connectivity index (χ1v) is 9.86. The molecule has 1 fully saturated rings. The van der Waals surface area contributed by atoms with Crippen molar-refractivity contribution in [3.8, 4) is 17.5 Å². The van der Waals surface area contributed by atoms with Gasteiger partial charge in [-0.05, 0) is 42.4 Å². The standard InChI is InChI=1S/C20H17F3N4S/c1-3-28-16-8-12(19(11-24)6-7-19)4-5-13(16)18-26-14-9-17(20(21,22)23)25-10-15(14)27(18)2/h4-5,8-10H,3,6-7H2,1-2H3. The molecule has 1 aliphatic rings. The zero-order chi connectivity index (χ0) is 20.1. The highest BCUT2D eigenvalue weighted by molar-refractivity contribution is 7.99. The van der Waals surface area contributed by atoms with Gasteiger partial charge in [0, 0.05) is 17.5 Å². The number of nitrogens with zero attached hydrogens (tertiary/aromatic N) is 4. The summed E-state index contributed by atoms with van der Waals surface area (Å²) in [5.41, 5.74) is 1.29. The Bertz CT molecular complexity index is 1110. The van der Waals surface area contributed by atoms with Gasteiger partial charge in [-0.2, -0.15) is 18.4 Å². The fourth-order valence-corrected chi connectivity index (χ4v) is 4.19. The first-order chi connectivity index (χ1) is 13.3. The second kappa shape index (κ2) is 6.52. The molecule has 1 aliphatic carbocycles. The lowest BCUT2D eigenvalue weighted by atomic mass is 9.96. The molecule has 1 aromatic carbocycles. The maximum absolute atomic E-state index is 13.0. The topological polar surface area (TPSA) is 54.5 Å². The summed E-state index contributed by atoms with van der Waals surface area (Å²) in [6.07, 6.45) is -1.58. The van der Waals surface area contributed by atoms with Crippen LogP contribution in [0.2, 0.25) is 0 Å². The van der Waals surface area contributed by atoms with Crippen LogP contribution in [0.15, 0.2) is 35.4 Å². The molecule has 2 aromatic heterocycles. The molecule has 8 heteroatoms. The molecule has 3 aromatic rings. The van der Waals surface area contributed by atoms with E-state index in [4.69, 9.17) is 0 Å². The van der Waals surface area contributed by atoms with Crippen LogP contribution in [0.1, 0.15) is 31.0 Å². The van der Waals surface area contributed by atoms with Crippen LogP contribution in [0.25, 0.3) is 22.4 Å². The number of hydrogen-bond donors (Lipinski definition) is 0. The fraction of sp³-hybridized carbons (Fsp3) is 0.350. The van der Waals surface area contributed by atoms with Gasteiger partial charge in [0.25, 0.3) is 0 Å². The third kappa shape index (κ3) is 3.04. The molecule has 0 amide bonds. The van der Waals surface area contributed by atoms with E-state index in [1.165, 1.54) is 6.20 Å². The number of imidazole rings is 1. The van der Waals surface area contributed by atoms with Crippen LogP contribution in [0, 0.1) is 11.3 Å². The van der Waals surface area contributed by atoms with Crippen molar-refractivity contribution < 1.29 is 13.2 Å². The van der Waals surface area contributed by atoms with Crippen LogP contribution >= 0.6 is 11.8 Å². The zero-order valence-electron chi connectivity index (χ0n) is 15.3. The van der Waals surface area contributed by atoms with Crippen molar-refractivity contribution in [2.75, 3.05) is 5.75 Å². The third-order valence-electron chi connectivity index (χ3n) is 5.10. The van der Waals surface area contributed by atoms with E-state index >= 15 is 0 Å². The highest BCUT2D eigenvalue weighted by Gasteiger charge is 2.45. The Morgan fingerprint density at radius 3 is 2.64 bits per heavy atom. The average Bonchev–Trinajstić information content (AvgIpc) is 3.40. The molecule has 0 unspecified atom stereocenters. The minimum Gasteiger partial charge on any atom is -0.326 e. The smallest absolute Gasteiger partial charge is 0.326 e. The Balaban J connectivity index is 1.85. The summed E-state index contributed by atoms with van der Waals surface area (Å²) in [6, 6.07) is 9.27. The average molecular weight is 402 g/mol. The monoisotopic (exact) mass is 402 g/mol. The van der Waals surface area contributed by atoms with Gasteiger partial charge in [0.05, 0.1) is 28.7 Å². The van der Waals surface area contributed by atoms with E-state index in [0.29, 0.717) is 11.3 Å². The Labute approximate surface area is 164 Å². The van der Waals surface area contributed by atoms with Crippen LogP contribution in [-0.2, 0) is 18.6 Å². The van der Waals surface area contributed by atoms with Crippen LogP contribution in [-0.4, -0.2) is 20.3 Å². The van der Waals surface area contributed by atoms with E-state index in [1.54, 1.807) is 23.4 Å². The summed E-state index contributed by atoms with van der Waals surface area (Å²) < 4.78 is 40.7. The fourth-order valence-electron chi connectivity index (χ4n) is 3.35. The van der Waals surface area contributed by atoms with E-state index < -0.39 is 11.9 Å². The molecular formula is C20H17F3N4S. The highest BCUT2D eigenvalue weighted by atomic mass is 32.2. The number of fused-ring (bicyclic) bond motifs is 1. The van der Waals surface area contributed by atoms with E-state index in [0.717, 1.165) is 40.7 Å². The lowest BCUT2D eigenvalue weighted by Gasteiger charge is -2.13. The molecule has 0 saturated heterocycles. The van der Waals surface area contributed by atoms with Crippen molar-refractivity contribution in [2.24, 2.45) is 7.05 Å². The van der Waals surface area contributed by atoms with Crippen molar-refractivity contribution >= 4 is 22.8 Å². The predicted octanol–water partition coefficient (Wildman–Crippen LogP) is 5.32. The molecule has 0 radical (unpaired) electrons. The van der Waals surface area contributed by atoms with Gasteiger partial charge in [-0.25, -0.2) is 9.97 Å². The summed E-state index contributed by atoms with van der Waals surface area (Å²) in [6.45, 7) is 2.03. The Hall–Kier alpha value is -2.53. The molecular weight excluding hydrogens is 385 g/mol. The van der Waals surface area contributed by atoms with Gasteiger partial charge in [0.15, 0.2) is 0 Å². The zero-order valence-corrected chi connectivity index (χ0v) is 16.2. The van der Waals surface area contributed by atoms with Crippen molar-refractivity contribution in [3.63, 3.8) is 0 Å². The number of hydrogen-bond acceptors (Lipinski definition) is 4. The molecule has 0 atom stereocenters. The highest BCUT2D eigenvalue weighted by Crippen LogP contribution is 2.49. The summed E-state index contributed by atoms with van der Waals surface area (Å²) in [4.78, 5) is 8.99. The first-order valence-electron chi connectivity index (χ1n) is 8.88. The summed E-state index contributed by atoms with van der Waals surface area (Å²) >= 11 is 1.63. The molecule has 1 saturated carbocycles. The number of alkyl halides is 3. The van der Waals surface area contributed by atoms with Gasteiger partial charge in [-0.3, -0.25) is 0 Å². The van der Waals surface area contributed by atoms with Crippen LogP contribution in [0.5, 0.6) is 0 Å². The number of aromatic nitrogens is 3. The Morgan fingerprint density at radius 2 is 2.04 bits per heavy atom. The maximum atomic E-state index is 13.0. The predicted molar refractivity (Wildman–Crippen MR) is 102 cm³/mol. The number of nitriles is 1. The van der Waals surface area contributed by atoms with E-state index in [1.807, 2.05) is 25.1 Å². The first kappa shape index (κ1) is 18.8. The van der Waals surface area contributed by atoms with Gasteiger partial charge in [0.1, 0.15) is 11.5 Å². The molecule has 0 bridgehead atoms. The Kier molecular flexibility index (Phi) is 4.38. The lowest BCUT2D eigenvalue weighted by molar-refractivity contribution is -0.141.